The van der Waals surface area contributed by atoms with Crippen LogP contribution in [0.5, 0.6) is 0 Å². The summed E-state index contributed by atoms with van der Waals surface area (Å²) in [4.78, 5) is 26.3. The van der Waals surface area contributed by atoms with Gasteiger partial charge in [0, 0.05) is 23.9 Å². The van der Waals surface area contributed by atoms with Crippen molar-refractivity contribution in [2.75, 3.05) is 19.8 Å². The summed E-state index contributed by atoms with van der Waals surface area (Å²) in [5.74, 6) is 1.83. The van der Waals surface area contributed by atoms with Crippen LogP contribution in [0.25, 0.3) is 0 Å². The number of carbonyl (C=O) groups excluding carboxylic acids is 2. The molecule has 0 amide bonds. The van der Waals surface area contributed by atoms with Gasteiger partial charge in [0.1, 0.15) is 0 Å². The summed E-state index contributed by atoms with van der Waals surface area (Å²) < 4.78 is 12.3. The highest BCUT2D eigenvalue weighted by molar-refractivity contribution is 5.70. The van der Waals surface area contributed by atoms with Crippen molar-refractivity contribution in [1.29, 1.82) is 0 Å². The van der Waals surface area contributed by atoms with Crippen LogP contribution in [0, 0.1) is 39.4 Å². The second kappa shape index (κ2) is 13.3. The summed E-state index contributed by atoms with van der Waals surface area (Å²) in [6.45, 7) is 5.61. The smallest absolute Gasteiger partial charge is 0.306 e. The van der Waals surface area contributed by atoms with Crippen molar-refractivity contribution in [3.05, 3.63) is 0 Å². The van der Waals surface area contributed by atoms with E-state index in [1.165, 1.54) is 77.0 Å². The molecule has 0 radical (unpaired) electrons. The van der Waals surface area contributed by atoms with Crippen LogP contribution in [0.2, 0.25) is 0 Å². The molecular weight excluding hydrogens is 512 g/mol. The number of fused-ring (bicyclic) bond motifs is 3. The van der Waals surface area contributed by atoms with Gasteiger partial charge < -0.3 is 14.6 Å². The van der Waals surface area contributed by atoms with E-state index in [0.717, 1.165) is 57.3 Å². The normalized spacial score (nSPS) is 37.1. The Morgan fingerprint density at radius 2 is 1.22 bits per heavy atom. The second-order valence-corrected chi connectivity index (χ2v) is 16.2. The van der Waals surface area contributed by atoms with Gasteiger partial charge in [0.15, 0.2) is 0 Å². The number of hydrogen-bond acceptors (Lipinski definition) is 5. The van der Waals surface area contributed by atoms with Crippen molar-refractivity contribution >= 4 is 11.9 Å². The van der Waals surface area contributed by atoms with Gasteiger partial charge in [0.25, 0.3) is 0 Å². The number of esters is 2. The molecule has 41 heavy (non-hydrogen) atoms. The highest BCUT2D eigenvalue weighted by atomic mass is 16.5. The van der Waals surface area contributed by atoms with Crippen LogP contribution < -0.4 is 0 Å². The molecule has 234 valence electrons. The van der Waals surface area contributed by atoms with Crippen LogP contribution >= 0.6 is 0 Å². The summed E-state index contributed by atoms with van der Waals surface area (Å²) in [6, 6.07) is 0. The van der Waals surface area contributed by atoms with Crippen LogP contribution in [-0.2, 0) is 19.1 Å². The number of aliphatic hydroxyl groups excluding tert-OH is 1. The third-order valence-electron chi connectivity index (χ3n) is 12.5. The quantitative estimate of drug-likeness (QED) is 0.140. The Morgan fingerprint density at radius 3 is 1.76 bits per heavy atom. The van der Waals surface area contributed by atoms with Crippen molar-refractivity contribution in [2.24, 2.45) is 39.4 Å². The van der Waals surface area contributed by atoms with E-state index < -0.39 is 0 Å². The molecule has 5 nitrogen and oxygen atoms in total. The minimum absolute atomic E-state index is 0.00295. The van der Waals surface area contributed by atoms with E-state index in [4.69, 9.17) is 9.47 Å². The van der Waals surface area contributed by atoms with Gasteiger partial charge in [-0.15, -0.1) is 0 Å². The molecule has 0 aromatic rings. The Balaban J connectivity index is 1.17. The molecule has 5 heteroatoms. The Morgan fingerprint density at radius 1 is 0.707 bits per heavy atom. The second-order valence-electron chi connectivity index (χ2n) is 16.2. The number of ether oxygens (including phenoxy) is 2. The molecule has 0 aliphatic heterocycles. The predicted octanol–water partition coefficient (Wildman–Crippen LogP) is 8.55. The summed E-state index contributed by atoms with van der Waals surface area (Å²) in [5.41, 5.74) is -0.0684. The lowest BCUT2D eigenvalue weighted by molar-refractivity contribution is -0.209. The van der Waals surface area contributed by atoms with Crippen molar-refractivity contribution in [3.8, 4) is 0 Å². The van der Waals surface area contributed by atoms with Gasteiger partial charge in [-0.1, -0.05) is 52.4 Å². The van der Waals surface area contributed by atoms with Crippen LogP contribution in [0.3, 0.4) is 0 Å². The summed E-state index contributed by atoms with van der Waals surface area (Å²) in [6.07, 6.45) is 24.2. The average Bonchev–Trinajstić information content (AvgIpc) is 2.95. The van der Waals surface area contributed by atoms with Crippen molar-refractivity contribution in [3.63, 3.8) is 0 Å². The molecule has 0 spiro atoms. The first kappa shape index (κ1) is 31.3. The zero-order chi connectivity index (χ0) is 29.0. The van der Waals surface area contributed by atoms with Gasteiger partial charge in [-0.05, 0) is 118 Å². The number of carbonyl (C=O) groups is 2. The maximum atomic E-state index is 13.2. The first-order chi connectivity index (χ1) is 19.7. The molecule has 0 aromatic carbocycles. The van der Waals surface area contributed by atoms with Crippen LogP contribution in [0.15, 0.2) is 0 Å². The third kappa shape index (κ3) is 7.52. The Bertz CT molecular complexity index is 869. The molecule has 7 aliphatic carbocycles. The zero-order valence-corrected chi connectivity index (χ0v) is 26.5. The monoisotopic (exact) mass is 572 g/mol. The summed E-state index contributed by atoms with van der Waals surface area (Å²) >= 11 is 0. The fourth-order valence-electron chi connectivity index (χ4n) is 11.0. The van der Waals surface area contributed by atoms with E-state index in [1.807, 2.05) is 0 Å². The molecule has 1 N–H and O–H groups in total. The van der Waals surface area contributed by atoms with E-state index in [0.29, 0.717) is 37.9 Å². The average molecular weight is 573 g/mol. The van der Waals surface area contributed by atoms with Gasteiger partial charge in [-0.2, -0.15) is 0 Å². The molecule has 0 heterocycles. The molecule has 7 rings (SSSR count). The zero-order valence-electron chi connectivity index (χ0n) is 26.5. The molecular formula is C36H60O5. The Hall–Kier alpha value is -1.10. The van der Waals surface area contributed by atoms with Gasteiger partial charge in [0.05, 0.1) is 19.6 Å². The molecule has 4 atom stereocenters. The lowest BCUT2D eigenvalue weighted by atomic mass is 9.40. The Labute approximate surface area is 250 Å². The SMILES string of the molecule is CCCCCC(CCCCC)CC(=O)OC[C@]12C[C@H]3C[C@](CO)(C[C@](COC(=O)CC45CCC(CC4)CC5)(C3)C1)C2. The molecule has 0 aromatic heterocycles. The maximum absolute atomic E-state index is 13.2. The molecule has 7 fully saturated rings. The fourth-order valence-corrected chi connectivity index (χ4v) is 11.0. The molecule has 7 aliphatic rings. The summed E-state index contributed by atoms with van der Waals surface area (Å²) in [7, 11) is 0. The molecule has 0 unspecified atom stereocenters. The number of unbranched alkanes of at least 4 members (excludes halogenated alkanes) is 4. The maximum Gasteiger partial charge on any atom is 0.306 e. The van der Waals surface area contributed by atoms with Gasteiger partial charge in [-0.25, -0.2) is 0 Å². The van der Waals surface area contributed by atoms with E-state index in [-0.39, 0.29) is 40.2 Å². The number of rotatable bonds is 17. The highest BCUT2D eigenvalue weighted by Crippen LogP contribution is 2.69. The van der Waals surface area contributed by atoms with Gasteiger partial charge in [0.2, 0.25) is 0 Å². The minimum Gasteiger partial charge on any atom is -0.465 e. The third-order valence-corrected chi connectivity index (χ3v) is 12.5. The van der Waals surface area contributed by atoms with Crippen LogP contribution in [0.1, 0.15) is 155 Å². The van der Waals surface area contributed by atoms with E-state index in [2.05, 4.69) is 13.8 Å². The van der Waals surface area contributed by atoms with Crippen molar-refractivity contribution < 1.29 is 24.2 Å². The van der Waals surface area contributed by atoms with Crippen molar-refractivity contribution in [2.45, 2.75) is 155 Å². The first-order valence-electron chi connectivity index (χ1n) is 17.7. The lowest BCUT2D eigenvalue weighted by Crippen LogP contribution is -2.60. The van der Waals surface area contributed by atoms with Crippen LogP contribution in [0.4, 0.5) is 0 Å². The lowest BCUT2D eigenvalue weighted by Gasteiger charge is -2.66. The van der Waals surface area contributed by atoms with Gasteiger partial charge >= 0.3 is 11.9 Å². The molecule has 0 saturated heterocycles. The number of hydrogen-bond donors (Lipinski definition) is 1. The molecule has 6 bridgehead atoms. The number of aliphatic hydroxyl groups is 1. The van der Waals surface area contributed by atoms with E-state index in [1.54, 1.807) is 0 Å². The molecule has 7 saturated carbocycles. The van der Waals surface area contributed by atoms with E-state index in [9.17, 15) is 14.7 Å². The van der Waals surface area contributed by atoms with E-state index >= 15 is 0 Å². The van der Waals surface area contributed by atoms with Gasteiger partial charge in [-0.3, -0.25) is 9.59 Å². The minimum atomic E-state index is -0.110. The Kier molecular flexibility index (Phi) is 10.1. The van der Waals surface area contributed by atoms with Crippen molar-refractivity contribution in [1.82, 2.24) is 0 Å². The highest BCUT2D eigenvalue weighted by Gasteiger charge is 2.63. The standard InChI is InChI=1S/C36H60O5/c1-3-5-7-9-29(10-8-6-4-2)17-31(38)40-26-35-19-30-18-34(22-35,25-37)23-36(20-30,24-35)27-41-32(39)21-33-14-11-28(12-15-33)13-16-33/h28-30,37H,3-27H2,1-2H3/t28?,30-,33?,34-,35+,36-/m1/s1. The fraction of sp³-hybridized carbons (Fsp3) is 0.944. The summed E-state index contributed by atoms with van der Waals surface area (Å²) in [5, 5.41) is 10.6. The van der Waals surface area contributed by atoms with Crippen LogP contribution in [-0.4, -0.2) is 36.9 Å². The first-order valence-corrected chi connectivity index (χ1v) is 17.7. The topological polar surface area (TPSA) is 72.8 Å². The largest absolute Gasteiger partial charge is 0.465 e. The predicted molar refractivity (Wildman–Crippen MR) is 162 cm³/mol.